The molecule has 4 unspecified atom stereocenters. The quantitative estimate of drug-likeness (QED) is 0.750. The van der Waals surface area contributed by atoms with E-state index >= 15 is 0 Å². The molecule has 0 aromatic carbocycles. The Balaban J connectivity index is 1.64. The van der Waals surface area contributed by atoms with E-state index in [0.717, 1.165) is 11.8 Å². The molecule has 0 bridgehead atoms. The Kier molecular flexibility index (Phi) is 4.04. The lowest BCUT2D eigenvalue weighted by Gasteiger charge is -2.28. The van der Waals surface area contributed by atoms with Crippen LogP contribution in [-0.2, 0) is 0 Å². The second-order valence-corrected chi connectivity index (χ2v) is 5.82. The van der Waals surface area contributed by atoms with Gasteiger partial charge in [0, 0.05) is 12.1 Å². The van der Waals surface area contributed by atoms with Crippen LogP contribution in [0.5, 0.6) is 0 Å². The van der Waals surface area contributed by atoms with Crippen molar-refractivity contribution in [2.75, 3.05) is 6.54 Å². The third kappa shape index (κ3) is 3.46. The predicted molar refractivity (Wildman–Crippen MR) is 64.7 cm³/mol. The summed E-state index contributed by atoms with van der Waals surface area (Å²) in [6.45, 7) is 3.62. The van der Waals surface area contributed by atoms with Crippen LogP contribution in [0.2, 0.25) is 0 Å². The fourth-order valence-corrected chi connectivity index (χ4v) is 3.26. The molecule has 0 amide bonds. The highest BCUT2D eigenvalue weighted by Gasteiger charge is 2.23. The van der Waals surface area contributed by atoms with Crippen molar-refractivity contribution < 1.29 is 0 Å². The smallest absolute Gasteiger partial charge is 0.00819 e. The SMILES string of the molecule is CC1CCC(CNC2CCCC(N)C2)C1. The number of hydrogen-bond acceptors (Lipinski definition) is 2. The molecule has 2 saturated carbocycles. The standard InChI is InChI=1S/C13H26N2/c1-10-5-6-11(7-10)9-15-13-4-2-3-12(14)8-13/h10-13,15H,2-9,14H2,1H3. The van der Waals surface area contributed by atoms with Gasteiger partial charge in [0.2, 0.25) is 0 Å². The van der Waals surface area contributed by atoms with E-state index in [9.17, 15) is 0 Å². The van der Waals surface area contributed by atoms with Gasteiger partial charge in [-0.25, -0.2) is 0 Å². The lowest BCUT2D eigenvalue weighted by atomic mass is 9.91. The van der Waals surface area contributed by atoms with Crippen molar-refractivity contribution in [3.63, 3.8) is 0 Å². The van der Waals surface area contributed by atoms with Gasteiger partial charge in [-0.15, -0.1) is 0 Å². The summed E-state index contributed by atoms with van der Waals surface area (Å²) in [4.78, 5) is 0. The van der Waals surface area contributed by atoms with Crippen LogP contribution in [0.3, 0.4) is 0 Å². The molecule has 2 aliphatic rings. The molecule has 4 atom stereocenters. The average Bonchev–Trinajstić information content (AvgIpc) is 2.62. The van der Waals surface area contributed by atoms with Crippen LogP contribution in [0, 0.1) is 11.8 Å². The minimum atomic E-state index is 0.457. The first kappa shape index (κ1) is 11.4. The fraction of sp³-hybridized carbons (Fsp3) is 1.00. The maximum absolute atomic E-state index is 5.99. The van der Waals surface area contributed by atoms with Gasteiger partial charge in [-0.2, -0.15) is 0 Å². The maximum Gasteiger partial charge on any atom is 0.00819 e. The second-order valence-electron chi connectivity index (χ2n) is 5.82. The summed E-state index contributed by atoms with van der Waals surface area (Å²) in [5, 5.41) is 3.73. The average molecular weight is 210 g/mol. The van der Waals surface area contributed by atoms with E-state index in [1.165, 1.54) is 51.5 Å². The van der Waals surface area contributed by atoms with E-state index in [1.54, 1.807) is 0 Å². The summed E-state index contributed by atoms with van der Waals surface area (Å²) in [6.07, 6.45) is 9.41. The molecule has 0 aromatic heterocycles. The first-order valence-corrected chi connectivity index (χ1v) is 6.73. The van der Waals surface area contributed by atoms with E-state index in [-0.39, 0.29) is 0 Å². The third-order valence-corrected chi connectivity index (χ3v) is 4.21. The van der Waals surface area contributed by atoms with Crippen molar-refractivity contribution in [3.05, 3.63) is 0 Å². The molecule has 2 fully saturated rings. The highest BCUT2D eigenvalue weighted by Crippen LogP contribution is 2.30. The van der Waals surface area contributed by atoms with Crippen LogP contribution in [0.15, 0.2) is 0 Å². The molecule has 2 heteroatoms. The summed E-state index contributed by atoms with van der Waals surface area (Å²) < 4.78 is 0. The molecule has 2 rings (SSSR count). The summed E-state index contributed by atoms with van der Waals surface area (Å²) in [7, 11) is 0. The molecule has 0 spiro atoms. The first-order chi connectivity index (χ1) is 7.24. The van der Waals surface area contributed by atoms with Crippen LogP contribution in [-0.4, -0.2) is 18.6 Å². The van der Waals surface area contributed by atoms with Crippen LogP contribution in [0.4, 0.5) is 0 Å². The van der Waals surface area contributed by atoms with E-state index < -0.39 is 0 Å². The summed E-state index contributed by atoms with van der Waals surface area (Å²) in [5.74, 6) is 1.91. The topological polar surface area (TPSA) is 38.0 Å². The monoisotopic (exact) mass is 210 g/mol. The Hall–Kier alpha value is -0.0800. The minimum absolute atomic E-state index is 0.457. The van der Waals surface area contributed by atoms with Crippen molar-refractivity contribution in [1.82, 2.24) is 5.32 Å². The third-order valence-electron chi connectivity index (χ3n) is 4.21. The molecule has 0 aliphatic heterocycles. The van der Waals surface area contributed by atoms with Gasteiger partial charge in [0.05, 0.1) is 0 Å². The summed E-state index contributed by atoms with van der Waals surface area (Å²) in [5.41, 5.74) is 5.99. The largest absolute Gasteiger partial charge is 0.328 e. The zero-order chi connectivity index (χ0) is 10.7. The van der Waals surface area contributed by atoms with Gasteiger partial charge in [-0.3, -0.25) is 0 Å². The highest BCUT2D eigenvalue weighted by atomic mass is 14.9. The van der Waals surface area contributed by atoms with E-state index in [4.69, 9.17) is 5.73 Å². The van der Waals surface area contributed by atoms with Gasteiger partial charge in [-0.05, 0) is 50.5 Å². The molecular weight excluding hydrogens is 184 g/mol. The van der Waals surface area contributed by atoms with Crippen LogP contribution < -0.4 is 11.1 Å². The number of nitrogens with two attached hydrogens (primary N) is 1. The van der Waals surface area contributed by atoms with E-state index in [0.29, 0.717) is 12.1 Å². The van der Waals surface area contributed by atoms with Gasteiger partial charge >= 0.3 is 0 Å². The predicted octanol–water partition coefficient (Wildman–Crippen LogP) is 2.28. The van der Waals surface area contributed by atoms with Gasteiger partial charge in [0.1, 0.15) is 0 Å². The molecule has 2 nitrogen and oxygen atoms in total. The maximum atomic E-state index is 5.99. The van der Waals surface area contributed by atoms with E-state index in [2.05, 4.69) is 12.2 Å². The van der Waals surface area contributed by atoms with Crippen molar-refractivity contribution in [1.29, 1.82) is 0 Å². The molecule has 2 aliphatic carbocycles. The number of rotatable bonds is 3. The molecule has 3 N–H and O–H groups in total. The van der Waals surface area contributed by atoms with E-state index in [1.807, 2.05) is 0 Å². The fourth-order valence-electron chi connectivity index (χ4n) is 3.26. The van der Waals surface area contributed by atoms with Crippen LogP contribution in [0.25, 0.3) is 0 Å². The second kappa shape index (κ2) is 5.31. The Bertz CT molecular complexity index is 193. The minimum Gasteiger partial charge on any atom is -0.328 e. The zero-order valence-corrected chi connectivity index (χ0v) is 10.0. The molecule has 0 heterocycles. The highest BCUT2D eigenvalue weighted by molar-refractivity contribution is 4.82. The van der Waals surface area contributed by atoms with Gasteiger partial charge in [0.25, 0.3) is 0 Å². The van der Waals surface area contributed by atoms with Crippen molar-refractivity contribution in [2.24, 2.45) is 17.6 Å². The van der Waals surface area contributed by atoms with Gasteiger partial charge < -0.3 is 11.1 Å². The van der Waals surface area contributed by atoms with Gasteiger partial charge in [0.15, 0.2) is 0 Å². The Morgan fingerprint density at radius 3 is 2.67 bits per heavy atom. The molecule has 0 radical (unpaired) electrons. The molecule has 88 valence electrons. The van der Waals surface area contributed by atoms with Crippen LogP contribution >= 0.6 is 0 Å². The van der Waals surface area contributed by atoms with Crippen molar-refractivity contribution in [3.8, 4) is 0 Å². The summed E-state index contributed by atoms with van der Waals surface area (Å²) in [6, 6.07) is 1.17. The molecule has 0 aromatic rings. The Morgan fingerprint density at radius 1 is 1.13 bits per heavy atom. The number of hydrogen-bond donors (Lipinski definition) is 2. The first-order valence-electron chi connectivity index (χ1n) is 6.73. The van der Waals surface area contributed by atoms with Crippen molar-refractivity contribution in [2.45, 2.75) is 64.0 Å². The molecule has 0 saturated heterocycles. The lowest BCUT2D eigenvalue weighted by molar-refractivity contribution is 0.320. The zero-order valence-electron chi connectivity index (χ0n) is 10.0. The Labute approximate surface area is 94.0 Å². The Morgan fingerprint density at radius 2 is 2.00 bits per heavy atom. The van der Waals surface area contributed by atoms with Crippen molar-refractivity contribution >= 4 is 0 Å². The van der Waals surface area contributed by atoms with Gasteiger partial charge in [-0.1, -0.05) is 19.8 Å². The molecular formula is C13H26N2. The number of nitrogens with one attached hydrogen (secondary N) is 1. The van der Waals surface area contributed by atoms with Crippen LogP contribution in [0.1, 0.15) is 51.9 Å². The molecule has 15 heavy (non-hydrogen) atoms. The normalized spacial score (nSPS) is 42.0. The lowest BCUT2D eigenvalue weighted by Crippen LogP contribution is -2.41. The summed E-state index contributed by atoms with van der Waals surface area (Å²) >= 11 is 0.